The molecule has 0 spiro atoms. The lowest BCUT2D eigenvalue weighted by molar-refractivity contribution is 0.289. The van der Waals surface area contributed by atoms with E-state index >= 15 is 0 Å². The molecule has 0 aliphatic carbocycles. The van der Waals surface area contributed by atoms with E-state index in [2.05, 4.69) is 20.1 Å². The van der Waals surface area contributed by atoms with Crippen LogP contribution >= 0.6 is 0 Å². The standard InChI is InChI=1S/C14H21N5O3S/c1-3-15-8-9-18-23(20,21)13-6-4-12(5-7-13)22-10-14-16-11-17-19(14)2/h4-7,11,15,18H,3,8-10H2,1-2H3. The molecular formula is C14H21N5O3S. The molecule has 0 aliphatic heterocycles. The summed E-state index contributed by atoms with van der Waals surface area (Å²) in [4.78, 5) is 4.26. The Morgan fingerprint density at radius 1 is 1.22 bits per heavy atom. The van der Waals surface area contributed by atoms with Crippen molar-refractivity contribution in [1.29, 1.82) is 0 Å². The third-order valence-corrected chi connectivity index (χ3v) is 4.63. The minimum absolute atomic E-state index is 0.208. The van der Waals surface area contributed by atoms with Gasteiger partial charge in [-0.1, -0.05) is 6.92 Å². The number of nitrogens with one attached hydrogen (secondary N) is 2. The number of hydrogen-bond donors (Lipinski definition) is 2. The van der Waals surface area contributed by atoms with Crippen LogP contribution in [0, 0.1) is 0 Å². The van der Waals surface area contributed by atoms with Crippen molar-refractivity contribution in [2.24, 2.45) is 7.05 Å². The summed E-state index contributed by atoms with van der Waals surface area (Å²) in [5.41, 5.74) is 0. The van der Waals surface area contributed by atoms with Gasteiger partial charge in [0.15, 0.2) is 5.82 Å². The molecule has 0 radical (unpaired) electrons. The Hall–Kier alpha value is -1.97. The highest BCUT2D eigenvalue weighted by Crippen LogP contribution is 2.16. The zero-order valence-corrected chi connectivity index (χ0v) is 14.0. The van der Waals surface area contributed by atoms with E-state index in [0.29, 0.717) is 24.7 Å². The molecule has 9 heteroatoms. The summed E-state index contributed by atoms with van der Waals surface area (Å²) in [5.74, 6) is 1.26. The van der Waals surface area contributed by atoms with Gasteiger partial charge in [0.2, 0.25) is 10.0 Å². The molecule has 1 aromatic carbocycles. The number of nitrogens with zero attached hydrogens (tertiary/aromatic N) is 3. The molecule has 2 rings (SSSR count). The molecule has 8 nitrogen and oxygen atoms in total. The first-order valence-electron chi connectivity index (χ1n) is 7.29. The van der Waals surface area contributed by atoms with E-state index in [-0.39, 0.29) is 11.5 Å². The van der Waals surface area contributed by atoms with Crippen LogP contribution in [0.3, 0.4) is 0 Å². The van der Waals surface area contributed by atoms with Crippen LogP contribution in [0.25, 0.3) is 0 Å². The smallest absolute Gasteiger partial charge is 0.240 e. The quantitative estimate of drug-likeness (QED) is 0.637. The number of hydrogen-bond acceptors (Lipinski definition) is 6. The van der Waals surface area contributed by atoms with Crippen molar-refractivity contribution in [2.45, 2.75) is 18.4 Å². The minimum atomic E-state index is -3.49. The molecule has 0 amide bonds. The van der Waals surface area contributed by atoms with Gasteiger partial charge in [-0.2, -0.15) is 5.10 Å². The average molecular weight is 339 g/mol. The molecule has 0 aliphatic rings. The number of aryl methyl sites for hydroxylation is 1. The fourth-order valence-electron chi connectivity index (χ4n) is 1.85. The van der Waals surface area contributed by atoms with Crippen LogP contribution in [-0.4, -0.2) is 42.8 Å². The minimum Gasteiger partial charge on any atom is -0.486 e. The number of ether oxygens (including phenoxy) is 1. The predicted octanol–water partition coefficient (Wildman–Crippen LogP) is 0.282. The number of benzene rings is 1. The van der Waals surface area contributed by atoms with Crippen LogP contribution < -0.4 is 14.8 Å². The topological polar surface area (TPSA) is 98.1 Å². The fraction of sp³-hybridized carbons (Fsp3) is 0.429. The lowest BCUT2D eigenvalue weighted by Gasteiger charge is -2.09. The van der Waals surface area contributed by atoms with Gasteiger partial charge in [-0.25, -0.2) is 18.1 Å². The van der Waals surface area contributed by atoms with Gasteiger partial charge in [0, 0.05) is 20.1 Å². The molecule has 0 unspecified atom stereocenters. The van der Waals surface area contributed by atoms with Gasteiger partial charge >= 0.3 is 0 Å². The summed E-state index contributed by atoms with van der Waals surface area (Å²) in [7, 11) is -1.72. The van der Waals surface area contributed by atoms with Crippen molar-refractivity contribution in [2.75, 3.05) is 19.6 Å². The molecule has 0 fully saturated rings. The summed E-state index contributed by atoms with van der Waals surface area (Å²) < 4.78 is 33.9. The molecule has 23 heavy (non-hydrogen) atoms. The molecule has 0 saturated heterocycles. The summed E-state index contributed by atoms with van der Waals surface area (Å²) in [6, 6.07) is 6.27. The second-order valence-corrected chi connectivity index (χ2v) is 6.58. The number of aromatic nitrogens is 3. The van der Waals surface area contributed by atoms with Gasteiger partial charge in [-0.15, -0.1) is 0 Å². The molecule has 0 saturated carbocycles. The van der Waals surface area contributed by atoms with Crippen LogP contribution in [0.5, 0.6) is 5.75 Å². The van der Waals surface area contributed by atoms with Gasteiger partial charge in [0.25, 0.3) is 0 Å². The summed E-state index contributed by atoms with van der Waals surface area (Å²) in [6.07, 6.45) is 1.45. The maximum atomic E-state index is 12.1. The van der Waals surface area contributed by atoms with Gasteiger partial charge in [-0.05, 0) is 30.8 Å². The molecular weight excluding hydrogens is 318 g/mol. The van der Waals surface area contributed by atoms with E-state index in [9.17, 15) is 8.42 Å². The Morgan fingerprint density at radius 3 is 2.57 bits per heavy atom. The normalized spacial score (nSPS) is 11.6. The van der Waals surface area contributed by atoms with E-state index in [1.165, 1.54) is 18.5 Å². The van der Waals surface area contributed by atoms with Crippen LogP contribution in [0.1, 0.15) is 12.7 Å². The number of likely N-dealkylation sites (N-methyl/N-ethyl adjacent to an activating group) is 1. The second kappa shape index (κ2) is 8.04. The van der Waals surface area contributed by atoms with Crippen LogP contribution in [0.15, 0.2) is 35.5 Å². The van der Waals surface area contributed by atoms with E-state index in [4.69, 9.17) is 4.74 Å². The zero-order chi connectivity index (χ0) is 16.7. The molecule has 126 valence electrons. The summed E-state index contributed by atoms with van der Waals surface area (Å²) in [6.45, 7) is 3.98. The van der Waals surface area contributed by atoms with Gasteiger partial charge in [0.05, 0.1) is 4.90 Å². The average Bonchev–Trinajstić information content (AvgIpc) is 2.95. The predicted molar refractivity (Wildman–Crippen MR) is 85.5 cm³/mol. The molecule has 2 aromatic rings. The monoisotopic (exact) mass is 339 g/mol. The Kier molecular flexibility index (Phi) is 6.08. The molecule has 0 atom stereocenters. The highest BCUT2D eigenvalue weighted by Gasteiger charge is 2.13. The third-order valence-electron chi connectivity index (χ3n) is 3.15. The zero-order valence-electron chi connectivity index (χ0n) is 13.2. The number of sulfonamides is 1. The first-order valence-corrected chi connectivity index (χ1v) is 8.77. The van der Waals surface area contributed by atoms with Crippen molar-refractivity contribution in [3.63, 3.8) is 0 Å². The Labute approximate surface area is 135 Å². The maximum Gasteiger partial charge on any atom is 0.240 e. The van der Waals surface area contributed by atoms with E-state index < -0.39 is 10.0 Å². The molecule has 1 aromatic heterocycles. The van der Waals surface area contributed by atoms with Gasteiger partial charge in [0.1, 0.15) is 18.7 Å². The van der Waals surface area contributed by atoms with Crippen molar-refractivity contribution in [3.05, 3.63) is 36.4 Å². The Morgan fingerprint density at radius 2 is 1.96 bits per heavy atom. The number of rotatable bonds is 9. The largest absolute Gasteiger partial charge is 0.486 e. The van der Waals surface area contributed by atoms with E-state index in [1.807, 2.05) is 6.92 Å². The molecule has 0 bridgehead atoms. The van der Waals surface area contributed by atoms with Gasteiger partial charge in [-0.3, -0.25) is 4.68 Å². The van der Waals surface area contributed by atoms with E-state index in [0.717, 1.165) is 6.54 Å². The van der Waals surface area contributed by atoms with E-state index in [1.54, 1.807) is 23.9 Å². The first kappa shape index (κ1) is 17.4. The lowest BCUT2D eigenvalue weighted by atomic mass is 10.3. The SMILES string of the molecule is CCNCCNS(=O)(=O)c1ccc(OCc2ncnn2C)cc1. The molecule has 1 heterocycles. The Bertz CT molecular complexity index is 712. The van der Waals surface area contributed by atoms with Crippen molar-refractivity contribution < 1.29 is 13.2 Å². The fourth-order valence-corrected chi connectivity index (χ4v) is 2.88. The van der Waals surface area contributed by atoms with Crippen LogP contribution in [0.2, 0.25) is 0 Å². The van der Waals surface area contributed by atoms with Crippen LogP contribution in [-0.2, 0) is 23.7 Å². The third kappa shape index (κ3) is 5.02. The van der Waals surface area contributed by atoms with Crippen molar-refractivity contribution in [3.8, 4) is 5.75 Å². The second-order valence-electron chi connectivity index (χ2n) is 4.81. The summed E-state index contributed by atoms with van der Waals surface area (Å²) in [5, 5.41) is 7.01. The first-order chi connectivity index (χ1) is 11.0. The summed E-state index contributed by atoms with van der Waals surface area (Å²) >= 11 is 0. The highest BCUT2D eigenvalue weighted by atomic mass is 32.2. The lowest BCUT2D eigenvalue weighted by Crippen LogP contribution is -2.31. The molecule has 2 N–H and O–H groups in total. The highest BCUT2D eigenvalue weighted by molar-refractivity contribution is 7.89. The maximum absolute atomic E-state index is 12.1. The van der Waals surface area contributed by atoms with Crippen molar-refractivity contribution in [1.82, 2.24) is 24.8 Å². The van der Waals surface area contributed by atoms with Crippen LogP contribution in [0.4, 0.5) is 0 Å². The Balaban J connectivity index is 1.92. The van der Waals surface area contributed by atoms with Crippen molar-refractivity contribution >= 4 is 10.0 Å². The van der Waals surface area contributed by atoms with Gasteiger partial charge < -0.3 is 10.1 Å².